The highest BCUT2D eigenvalue weighted by molar-refractivity contribution is 9.09. The van der Waals surface area contributed by atoms with E-state index in [0.29, 0.717) is 10.0 Å². The van der Waals surface area contributed by atoms with Gasteiger partial charge in [-0.3, -0.25) is 0 Å². The molecule has 0 spiro atoms. The maximum absolute atomic E-state index is 5.96. The van der Waals surface area contributed by atoms with E-state index in [4.69, 9.17) is 23.2 Å². The minimum absolute atomic E-state index is 0.669. The van der Waals surface area contributed by atoms with Crippen molar-refractivity contribution in [2.75, 3.05) is 5.33 Å². The quantitative estimate of drug-likeness (QED) is 0.698. The first-order valence-corrected chi connectivity index (χ1v) is 5.79. The van der Waals surface area contributed by atoms with Crippen LogP contribution in [-0.2, 0) is 0 Å². The summed E-state index contributed by atoms with van der Waals surface area (Å²) in [5, 5.41) is 2.33. The summed E-state index contributed by atoms with van der Waals surface area (Å²) < 4.78 is 0. The van der Waals surface area contributed by atoms with Gasteiger partial charge < -0.3 is 0 Å². The average Bonchev–Trinajstić information content (AvgIpc) is 2.09. The van der Waals surface area contributed by atoms with Crippen molar-refractivity contribution in [3.05, 3.63) is 39.9 Å². The molecule has 1 aromatic carbocycles. The molecule has 3 heteroatoms. The van der Waals surface area contributed by atoms with Gasteiger partial charge in [0.2, 0.25) is 0 Å². The van der Waals surface area contributed by atoms with Crippen molar-refractivity contribution in [3.8, 4) is 0 Å². The van der Waals surface area contributed by atoms with Gasteiger partial charge in [-0.25, -0.2) is 0 Å². The van der Waals surface area contributed by atoms with Crippen LogP contribution < -0.4 is 0 Å². The molecule has 0 fully saturated rings. The Kier molecular flexibility index (Phi) is 4.86. The third kappa shape index (κ3) is 3.72. The Balaban J connectivity index is 2.77. The first kappa shape index (κ1) is 11.1. The van der Waals surface area contributed by atoms with E-state index in [2.05, 4.69) is 22.0 Å². The largest absolute Gasteiger partial charge is 0.0925 e. The molecule has 13 heavy (non-hydrogen) atoms. The van der Waals surface area contributed by atoms with Crippen LogP contribution in [0.4, 0.5) is 0 Å². The van der Waals surface area contributed by atoms with Crippen molar-refractivity contribution in [2.24, 2.45) is 0 Å². The molecule has 0 aliphatic heterocycles. The highest BCUT2D eigenvalue weighted by Crippen LogP contribution is 2.22. The molecule has 0 saturated heterocycles. The van der Waals surface area contributed by atoms with Gasteiger partial charge in [0.1, 0.15) is 0 Å². The second-order valence-electron chi connectivity index (χ2n) is 2.55. The van der Waals surface area contributed by atoms with Crippen LogP contribution in [0.1, 0.15) is 12.0 Å². The number of alkyl halides is 1. The number of rotatable bonds is 3. The molecule has 0 nitrogen and oxygen atoms in total. The summed E-state index contributed by atoms with van der Waals surface area (Å²) in [5.41, 5.74) is 1.01. The Labute approximate surface area is 96.7 Å². The van der Waals surface area contributed by atoms with E-state index in [-0.39, 0.29) is 0 Å². The Morgan fingerprint density at radius 1 is 1.31 bits per heavy atom. The van der Waals surface area contributed by atoms with Crippen LogP contribution in [0, 0.1) is 0 Å². The van der Waals surface area contributed by atoms with Crippen molar-refractivity contribution < 1.29 is 0 Å². The van der Waals surface area contributed by atoms with E-state index < -0.39 is 0 Å². The topological polar surface area (TPSA) is 0 Å². The maximum atomic E-state index is 5.96. The van der Waals surface area contributed by atoms with Crippen LogP contribution in [0.3, 0.4) is 0 Å². The lowest BCUT2D eigenvalue weighted by atomic mass is 10.2. The lowest BCUT2D eigenvalue weighted by Gasteiger charge is -1.97. The maximum Gasteiger partial charge on any atom is 0.0493 e. The molecule has 0 aromatic heterocycles. The van der Waals surface area contributed by atoms with Crippen LogP contribution in [0.2, 0.25) is 10.0 Å². The molecule has 0 aliphatic carbocycles. The molecule has 0 bridgehead atoms. The molecule has 0 amide bonds. The van der Waals surface area contributed by atoms with Crippen LogP contribution in [0.15, 0.2) is 24.3 Å². The molecule has 0 heterocycles. The second-order valence-corrected chi connectivity index (χ2v) is 4.18. The zero-order valence-electron chi connectivity index (χ0n) is 6.93. The van der Waals surface area contributed by atoms with Gasteiger partial charge in [0, 0.05) is 15.4 Å². The monoisotopic (exact) mass is 278 g/mol. The van der Waals surface area contributed by atoms with Crippen LogP contribution in [-0.4, -0.2) is 5.33 Å². The van der Waals surface area contributed by atoms with Gasteiger partial charge >= 0.3 is 0 Å². The van der Waals surface area contributed by atoms with E-state index in [9.17, 15) is 0 Å². The van der Waals surface area contributed by atoms with Gasteiger partial charge in [-0.2, -0.15) is 0 Å². The second kappa shape index (κ2) is 5.69. The van der Waals surface area contributed by atoms with Gasteiger partial charge in [-0.05, 0) is 24.1 Å². The molecular weight excluding hydrogens is 271 g/mol. The molecule has 1 aromatic rings. The molecule has 0 radical (unpaired) electrons. The molecule has 0 unspecified atom stereocenters. The molecular formula is C10H9BrCl2. The van der Waals surface area contributed by atoms with Gasteiger partial charge in [-0.1, -0.05) is 57.4 Å². The van der Waals surface area contributed by atoms with E-state index in [0.717, 1.165) is 17.3 Å². The van der Waals surface area contributed by atoms with Crippen molar-refractivity contribution in [1.82, 2.24) is 0 Å². The van der Waals surface area contributed by atoms with Gasteiger partial charge in [0.05, 0.1) is 0 Å². The lowest BCUT2D eigenvalue weighted by molar-refractivity contribution is 1.27. The molecule has 0 N–H and O–H groups in total. The fraction of sp³-hybridized carbons (Fsp3) is 0.200. The number of hydrogen-bond acceptors (Lipinski definition) is 0. The predicted octanol–water partition coefficient (Wildman–Crippen LogP) is 4.79. The average molecular weight is 280 g/mol. The van der Waals surface area contributed by atoms with Crippen LogP contribution in [0.5, 0.6) is 0 Å². The molecule has 70 valence electrons. The van der Waals surface area contributed by atoms with Crippen molar-refractivity contribution in [3.63, 3.8) is 0 Å². The third-order valence-corrected chi connectivity index (χ3v) is 2.56. The first-order valence-electron chi connectivity index (χ1n) is 3.91. The van der Waals surface area contributed by atoms with Crippen LogP contribution >= 0.6 is 39.1 Å². The number of hydrogen-bond donors (Lipinski definition) is 0. The van der Waals surface area contributed by atoms with E-state index in [1.807, 2.05) is 18.2 Å². The van der Waals surface area contributed by atoms with E-state index >= 15 is 0 Å². The molecule has 0 aliphatic rings. The lowest BCUT2D eigenvalue weighted by Crippen LogP contribution is -1.75. The summed E-state index contributed by atoms with van der Waals surface area (Å²) in [6, 6.07) is 5.49. The number of benzene rings is 1. The fourth-order valence-corrected chi connectivity index (χ4v) is 1.65. The summed E-state index contributed by atoms with van der Waals surface area (Å²) in [7, 11) is 0. The Morgan fingerprint density at radius 2 is 2.08 bits per heavy atom. The third-order valence-electron chi connectivity index (χ3n) is 1.54. The summed E-state index contributed by atoms with van der Waals surface area (Å²) >= 11 is 15.1. The standard InChI is InChI=1S/C10H9BrCl2/c11-6-2-1-3-8-4-5-9(12)7-10(8)13/h1,3-5,7H,2,6H2. The SMILES string of the molecule is Clc1ccc(C=CCCBr)c(Cl)c1. The highest BCUT2D eigenvalue weighted by atomic mass is 79.9. The Bertz CT molecular complexity index is 308. The van der Waals surface area contributed by atoms with Gasteiger partial charge in [-0.15, -0.1) is 0 Å². The summed E-state index contributed by atoms with van der Waals surface area (Å²) in [5.74, 6) is 0. The first-order chi connectivity index (χ1) is 6.24. The summed E-state index contributed by atoms with van der Waals surface area (Å²) in [4.78, 5) is 0. The van der Waals surface area contributed by atoms with Gasteiger partial charge in [0.25, 0.3) is 0 Å². The van der Waals surface area contributed by atoms with E-state index in [1.165, 1.54) is 0 Å². The predicted molar refractivity (Wildman–Crippen MR) is 63.9 cm³/mol. The Morgan fingerprint density at radius 3 is 2.69 bits per heavy atom. The molecule has 1 rings (SSSR count). The minimum atomic E-state index is 0.669. The zero-order chi connectivity index (χ0) is 9.68. The fourth-order valence-electron chi connectivity index (χ4n) is 0.910. The minimum Gasteiger partial charge on any atom is -0.0925 e. The van der Waals surface area contributed by atoms with Crippen LogP contribution in [0.25, 0.3) is 6.08 Å². The van der Waals surface area contributed by atoms with E-state index in [1.54, 1.807) is 6.07 Å². The summed E-state index contributed by atoms with van der Waals surface area (Å²) in [6.45, 7) is 0. The Hall–Kier alpha value is 0.0200. The normalized spacial score (nSPS) is 11.0. The highest BCUT2D eigenvalue weighted by Gasteiger charge is 1.96. The summed E-state index contributed by atoms with van der Waals surface area (Å²) in [6.07, 6.45) is 5.07. The van der Waals surface area contributed by atoms with Crippen molar-refractivity contribution in [2.45, 2.75) is 6.42 Å². The molecule has 0 atom stereocenters. The van der Waals surface area contributed by atoms with Crippen molar-refractivity contribution in [1.29, 1.82) is 0 Å². The number of allylic oxidation sites excluding steroid dienone is 1. The zero-order valence-corrected chi connectivity index (χ0v) is 10.0. The van der Waals surface area contributed by atoms with Crippen molar-refractivity contribution >= 4 is 45.2 Å². The van der Waals surface area contributed by atoms with Gasteiger partial charge in [0.15, 0.2) is 0 Å². The smallest absolute Gasteiger partial charge is 0.0493 e. The number of halogens is 3. The molecule has 0 saturated carbocycles.